The predicted molar refractivity (Wildman–Crippen MR) is 93.3 cm³/mol. The lowest BCUT2D eigenvalue weighted by Crippen LogP contribution is -2.45. The molecule has 0 bridgehead atoms. The van der Waals surface area contributed by atoms with Crippen molar-refractivity contribution in [3.8, 4) is 5.75 Å². The molecule has 0 aliphatic heterocycles. The molecule has 2 amide bonds. The van der Waals surface area contributed by atoms with Crippen LogP contribution in [0.4, 0.5) is 4.79 Å². The topological polar surface area (TPSA) is 79.8 Å². The van der Waals surface area contributed by atoms with Gasteiger partial charge in [-0.15, -0.1) is 0 Å². The molecule has 0 heterocycles. The molecule has 0 saturated heterocycles. The Morgan fingerprint density at radius 3 is 2.71 bits per heavy atom. The first-order valence-corrected chi connectivity index (χ1v) is 7.92. The maximum atomic E-state index is 11.7. The Labute approximate surface area is 141 Å². The summed E-state index contributed by atoms with van der Waals surface area (Å²) in [5.41, 5.74) is 0. The molecular weight excluding hydrogens is 308 g/mol. The van der Waals surface area contributed by atoms with Gasteiger partial charge >= 0.3 is 6.03 Å². The minimum absolute atomic E-state index is 0.0981. The fourth-order valence-corrected chi connectivity index (χ4v) is 2.34. The van der Waals surface area contributed by atoms with E-state index in [2.05, 4.69) is 10.6 Å². The predicted octanol–water partition coefficient (Wildman–Crippen LogP) is 1.91. The quantitative estimate of drug-likeness (QED) is 0.690. The van der Waals surface area contributed by atoms with E-state index in [4.69, 9.17) is 9.47 Å². The number of hydrogen-bond acceptors (Lipinski definition) is 4. The molecule has 2 aromatic rings. The van der Waals surface area contributed by atoms with Gasteiger partial charge in [0.25, 0.3) is 0 Å². The van der Waals surface area contributed by atoms with Gasteiger partial charge in [-0.2, -0.15) is 0 Å². The van der Waals surface area contributed by atoms with Crippen LogP contribution in [0.1, 0.15) is 6.92 Å². The van der Waals surface area contributed by atoms with Crippen LogP contribution < -0.4 is 15.4 Å². The van der Waals surface area contributed by atoms with Crippen molar-refractivity contribution in [2.75, 3.05) is 26.9 Å². The van der Waals surface area contributed by atoms with Gasteiger partial charge in [0.1, 0.15) is 18.5 Å². The number of fused-ring (bicyclic) bond motifs is 1. The van der Waals surface area contributed by atoms with E-state index in [1.165, 1.54) is 0 Å². The van der Waals surface area contributed by atoms with Gasteiger partial charge in [0.2, 0.25) is 0 Å². The van der Waals surface area contributed by atoms with Crippen molar-refractivity contribution in [1.29, 1.82) is 0 Å². The number of aliphatic hydroxyl groups is 1. The van der Waals surface area contributed by atoms with Crippen molar-refractivity contribution in [2.45, 2.75) is 19.1 Å². The lowest BCUT2D eigenvalue weighted by molar-refractivity contribution is 0.108. The van der Waals surface area contributed by atoms with Crippen LogP contribution in [0.15, 0.2) is 42.5 Å². The smallest absolute Gasteiger partial charge is 0.315 e. The van der Waals surface area contributed by atoms with Gasteiger partial charge in [-0.1, -0.05) is 36.4 Å². The van der Waals surface area contributed by atoms with Gasteiger partial charge in [-0.3, -0.25) is 0 Å². The summed E-state index contributed by atoms with van der Waals surface area (Å²) in [6.07, 6.45) is -0.799. The highest BCUT2D eigenvalue weighted by atomic mass is 16.5. The lowest BCUT2D eigenvalue weighted by Gasteiger charge is -2.16. The molecule has 0 aliphatic carbocycles. The molecule has 0 aromatic heterocycles. The molecule has 2 rings (SSSR count). The number of benzene rings is 2. The van der Waals surface area contributed by atoms with E-state index in [0.717, 1.165) is 10.8 Å². The number of methoxy groups -OCH3 is 1. The highest BCUT2D eigenvalue weighted by Gasteiger charge is 2.11. The highest BCUT2D eigenvalue weighted by Crippen LogP contribution is 2.25. The molecule has 6 heteroatoms. The average Bonchev–Trinajstić information content (AvgIpc) is 2.58. The van der Waals surface area contributed by atoms with E-state index in [1.807, 2.05) is 49.4 Å². The minimum Gasteiger partial charge on any atom is -0.490 e. The summed E-state index contributed by atoms with van der Waals surface area (Å²) in [6.45, 7) is 2.47. The third-order valence-corrected chi connectivity index (χ3v) is 3.47. The first kappa shape index (κ1) is 18.0. The van der Waals surface area contributed by atoms with Crippen LogP contribution in [-0.4, -0.2) is 50.2 Å². The second-order valence-corrected chi connectivity index (χ2v) is 5.65. The van der Waals surface area contributed by atoms with Crippen molar-refractivity contribution < 1.29 is 19.4 Å². The lowest BCUT2D eigenvalue weighted by atomic mass is 10.1. The first-order valence-electron chi connectivity index (χ1n) is 7.92. The molecule has 130 valence electrons. The van der Waals surface area contributed by atoms with Crippen molar-refractivity contribution in [3.63, 3.8) is 0 Å². The Bertz CT molecular complexity index is 657. The summed E-state index contributed by atoms with van der Waals surface area (Å²) in [4.78, 5) is 11.7. The van der Waals surface area contributed by atoms with Gasteiger partial charge in [-0.25, -0.2) is 4.79 Å². The summed E-state index contributed by atoms with van der Waals surface area (Å²) in [5, 5.41) is 17.4. The van der Waals surface area contributed by atoms with Crippen LogP contribution in [0, 0.1) is 0 Å². The SMILES string of the molecule is COC[C@@H](C)NC(=O)NC[C@@H](O)COc1cccc2ccccc12. The van der Waals surface area contributed by atoms with Gasteiger partial charge < -0.3 is 25.2 Å². The van der Waals surface area contributed by atoms with E-state index in [0.29, 0.717) is 12.4 Å². The molecule has 0 radical (unpaired) electrons. The van der Waals surface area contributed by atoms with Gasteiger partial charge in [-0.05, 0) is 18.4 Å². The van der Waals surface area contributed by atoms with Crippen LogP contribution in [0.25, 0.3) is 10.8 Å². The molecule has 2 atom stereocenters. The van der Waals surface area contributed by atoms with Crippen LogP contribution >= 0.6 is 0 Å². The summed E-state index contributed by atoms with van der Waals surface area (Å²) in [6, 6.07) is 13.2. The zero-order valence-electron chi connectivity index (χ0n) is 14.0. The second kappa shape index (κ2) is 9.10. The van der Waals surface area contributed by atoms with E-state index < -0.39 is 6.10 Å². The van der Waals surface area contributed by atoms with Crippen LogP contribution in [0.3, 0.4) is 0 Å². The van der Waals surface area contributed by atoms with Crippen molar-refractivity contribution in [2.24, 2.45) is 0 Å². The number of aliphatic hydroxyl groups excluding tert-OH is 1. The van der Waals surface area contributed by atoms with Gasteiger partial charge in [0.15, 0.2) is 0 Å². The molecule has 0 spiro atoms. The highest BCUT2D eigenvalue weighted by molar-refractivity contribution is 5.88. The molecule has 0 fully saturated rings. The molecule has 0 saturated carbocycles. The first-order chi connectivity index (χ1) is 11.6. The van der Waals surface area contributed by atoms with Crippen molar-refractivity contribution in [1.82, 2.24) is 10.6 Å². The van der Waals surface area contributed by atoms with Crippen molar-refractivity contribution >= 4 is 16.8 Å². The Morgan fingerprint density at radius 2 is 1.92 bits per heavy atom. The van der Waals surface area contributed by atoms with Crippen LogP contribution in [-0.2, 0) is 4.74 Å². The summed E-state index contributed by atoms with van der Waals surface area (Å²) < 4.78 is 10.6. The zero-order valence-corrected chi connectivity index (χ0v) is 14.0. The Balaban J connectivity index is 1.78. The normalized spacial score (nSPS) is 13.3. The van der Waals surface area contributed by atoms with E-state index in [-0.39, 0.29) is 25.2 Å². The number of rotatable bonds is 8. The van der Waals surface area contributed by atoms with E-state index >= 15 is 0 Å². The molecular formula is C18H24N2O4. The summed E-state index contributed by atoms with van der Waals surface area (Å²) >= 11 is 0. The van der Waals surface area contributed by atoms with Gasteiger partial charge in [0, 0.05) is 19.0 Å². The molecule has 0 unspecified atom stereocenters. The van der Waals surface area contributed by atoms with Crippen LogP contribution in [0.5, 0.6) is 5.75 Å². The second-order valence-electron chi connectivity index (χ2n) is 5.65. The molecule has 3 N–H and O–H groups in total. The Kier molecular flexibility index (Phi) is 6.84. The number of ether oxygens (including phenoxy) is 2. The third kappa shape index (κ3) is 5.40. The van der Waals surface area contributed by atoms with Crippen LogP contribution in [0.2, 0.25) is 0 Å². The number of carbonyl (C=O) groups is 1. The number of nitrogens with one attached hydrogen (secondary N) is 2. The zero-order chi connectivity index (χ0) is 17.4. The standard InChI is InChI=1S/C18H24N2O4/c1-13(11-23-2)20-18(22)19-10-15(21)12-24-17-9-5-7-14-6-3-4-8-16(14)17/h3-9,13,15,21H,10-12H2,1-2H3,(H2,19,20,22)/t13-,15-/m1/s1. The van der Waals surface area contributed by atoms with Gasteiger partial charge in [0.05, 0.1) is 12.6 Å². The van der Waals surface area contributed by atoms with E-state index in [1.54, 1.807) is 7.11 Å². The third-order valence-electron chi connectivity index (χ3n) is 3.47. The Hall–Kier alpha value is -2.31. The number of hydrogen-bond donors (Lipinski definition) is 3. The summed E-state index contributed by atoms with van der Waals surface area (Å²) in [7, 11) is 1.57. The Morgan fingerprint density at radius 1 is 1.17 bits per heavy atom. The average molecular weight is 332 g/mol. The fraction of sp³-hybridized carbons (Fsp3) is 0.389. The maximum absolute atomic E-state index is 11.7. The van der Waals surface area contributed by atoms with E-state index in [9.17, 15) is 9.90 Å². The molecule has 6 nitrogen and oxygen atoms in total. The number of carbonyl (C=O) groups excluding carboxylic acids is 1. The molecule has 24 heavy (non-hydrogen) atoms. The fourth-order valence-electron chi connectivity index (χ4n) is 2.34. The molecule has 0 aliphatic rings. The van der Waals surface area contributed by atoms with Crippen molar-refractivity contribution in [3.05, 3.63) is 42.5 Å². The maximum Gasteiger partial charge on any atom is 0.315 e. The number of urea groups is 1. The number of amides is 2. The minimum atomic E-state index is -0.799. The monoisotopic (exact) mass is 332 g/mol. The molecule has 2 aromatic carbocycles. The summed E-state index contributed by atoms with van der Waals surface area (Å²) in [5.74, 6) is 0.713. The largest absolute Gasteiger partial charge is 0.490 e.